The van der Waals surface area contributed by atoms with E-state index in [0.29, 0.717) is 25.5 Å². The van der Waals surface area contributed by atoms with E-state index < -0.39 is 12.1 Å². The van der Waals surface area contributed by atoms with E-state index in [4.69, 9.17) is 0 Å². The van der Waals surface area contributed by atoms with E-state index in [-0.39, 0.29) is 18.9 Å². The number of rotatable bonds is 5. The Morgan fingerprint density at radius 1 is 1.14 bits per heavy atom. The fraction of sp³-hybridized carbons (Fsp3) is 0.571. The van der Waals surface area contributed by atoms with Crippen LogP contribution in [-0.2, 0) is 6.54 Å². The first-order valence-electron chi connectivity index (χ1n) is 10.1. The van der Waals surface area contributed by atoms with Gasteiger partial charge in [-0.2, -0.15) is 13.2 Å². The maximum Gasteiger partial charge on any atom is 0.391 e. The minimum atomic E-state index is -4.11. The smallest absolute Gasteiger partial charge is 0.364 e. The molecule has 2 atom stereocenters. The molecule has 0 radical (unpaired) electrons. The normalized spacial score (nSPS) is 23.1. The number of halogens is 3. The fourth-order valence-corrected chi connectivity index (χ4v) is 3.80. The monoisotopic (exact) mass is 394 g/mol. The molecule has 0 aromatic heterocycles. The van der Waals surface area contributed by atoms with E-state index >= 15 is 0 Å². The number of hydrogen-bond donors (Lipinski definition) is 2. The summed E-state index contributed by atoms with van der Waals surface area (Å²) in [5.74, 6) is -0.627. The number of anilines is 1. The van der Waals surface area contributed by atoms with Crippen molar-refractivity contribution >= 4 is 11.6 Å². The Kier molecular flexibility index (Phi) is 6.86. The Hall–Kier alpha value is -2.18. The molecule has 2 unspecified atom stereocenters. The van der Waals surface area contributed by atoms with Crippen LogP contribution in [0.3, 0.4) is 0 Å². The Morgan fingerprint density at radius 2 is 1.86 bits per heavy atom. The summed E-state index contributed by atoms with van der Waals surface area (Å²) >= 11 is 0. The molecule has 1 heterocycles. The van der Waals surface area contributed by atoms with Gasteiger partial charge in [0.2, 0.25) is 0 Å². The van der Waals surface area contributed by atoms with Gasteiger partial charge >= 0.3 is 6.18 Å². The van der Waals surface area contributed by atoms with Crippen molar-refractivity contribution in [1.29, 1.82) is 0 Å². The van der Waals surface area contributed by atoms with Crippen LogP contribution in [0.25, 0.3) is 0 Å². The molecule has 3 rings (SSSR count). The van der Waals surface area contributed by atoms with Gasteiger partial charge in [-0.25, -0.2) is 4.99 Å². The summed E-state index contributed by atoms with van der Waals surface area (Å²) in [6, 6.07) is 8.10. The zero-order valence-electron chi connectivity index (χ0n) is 16.3. The second kappa shape index (κ2) is 9.34. The molecular formula is C21H29F3N4. The second-order valence-electron chi connectivity index (χ2n) is 7.48. The number of nitrogens with one attached hydrogen (secondary N) is 2. The molecule has 28 heavy (non-hydrogen) atoms. The van der Waals surface area contributed by atoms with Crippen molar-refractivity contribution in [3.05, 3.63) is 42.0 Å². The lowest BCUT2D eigenvalue weighted by Gasteiger charge is -2.31. The van der Waals surface area contributed by atoms with Crippen LogP contribution in [0.1, 0.15) is 38.2 Å². The lowest BCUT2D eigenvalue weighted by molar-refractivity contribution is -0.183. The summed E-state index contributed by atoms with van der Waals surface area (Å²) in [7, 11) is 0. The third-order valence-electron chi connectivity index (χ3n) is 5.36. The zero-order valence-corrected chi connectivity index (χ0v) is 16.3. The highest BCUT2D eigenvalue weighted by Gasteiger charge is 2.42. The Balaban J connectivity index is 1.57. The van der Waals surface area contributed by atoms with E-state index in [1.165, 1.54) is 5.69 Å². The minimum absolute atomic E-state index is 0.118. The average Bonchev–Trinajstić information content (AvgIpc) is 3.21. The molecule has 4 nitrogen and oxygen atoms in total. The summed E-state index contributed by atoms with van der Waals surface area (Å²) in [5, 5.41) is 6.36. The van der Waals surface area contributed by atoms with Crippen molar-refractivity contribution in [3.8, 4) is 0 Å². The topological polar surface area (TPSA) is 39.7 Å². The number of nitrogens with zero attached hydrogens (tertiary/aromatic N) is 2. The predicted octanol–water partition coefficient (Wildman–Crippen LogP) is 4.24. The SMILES string of the molecule is CCNC(=NCc1ccc(N2CC=CC2)cc1)NC1CCCC(C(F)(F)F)C1. The first-order chi connectivity index (χ1) is 13.5. The molecule has 1 fully saturated rings. The van der Waals surface area contributed by atoms with Gasteiger partial charge in [0.1, 0.15) is 0 Å². The number of guanidine groups is 1. The predicted molar refractivity (Wildman–Crippen MR) is 108 cm³/mol. The number of hydrogen-bond acceptors (Lipinski definition) is 2. The summed E-state index contributed by atoms with van der Waals surface area (Å²) in [6.07, 6.45) is 1.88. The lowest BCUT2D eigenvalue weighted by atomic mass is 9.85. The molecule has 0 saturated heterocycles. The Bertz CT molecular complexity index is 674. The van der Waals surface area contributed by atoms with E-state index in [0.717, 1.165) is 25.1 Å². The molecular weight excluding hydrogens is 365 g/mol. The van der Waals surface area contributed by atoms with Gasteiger partial charge in [0, 0.05) is 31.4 Å². The van der Waals surface area contributed by atoms with Crippen LogP contribution < -0.4 is 15.5 Å². The maximum atomic E-state index is 13.0. The maximum absolute atomic E-state index is 13.0. The van der Waals surface area contributed by atoms with Crippen molar-refractivity contribution in [3.63, 3.8) is 0 Å². The molecule has 1 saturated carbocycles. The first-order valence-corrected chi connectivity index (χ1v) is 10.1. The van der Waals surface area contributed by atoms with Gasteiger partial charge < -0.3 is 15.5 Å². The molecule has 2 aliphatic rings. The van der Waals surface area contributed by atoms with Crippen LogP contribution >= 0.6 is 0 Å². The second-order valence-corrected chi connectivity index (χ2v) is 7.48. The summed E-state index contributed by atoms with van der Waals surface area (Å²) in [4.78, 5) is 6.86. The third kappa shape index (κ3) is 5.66. The molecule has 2 N–H and O–H groups in total. The van der Waals surface area contributed by atoms with Crippen LogP contribution in [-0.4, -0.2) is 37.8 Å². The Labute approximate surface area is 164 Å². The van der Waals surface area contributed by atoms with E-state index in [1.807, 2.05) is 6.92 Å². The molecule has 1 aliphatic heterocycles. The zero-order chi connectivity index (χ0) is 20.0. The highest BCUT2D eigenvalue weighted by atomic mass is 19.4. The van der Waals surface area contributed by atoms with Crippen LogP contribution in [0.2, 0.25) is 0 Å². The lowest BCUT2D eigenvalue weighted by Crippen LogP contribution is -2.46. The van der Waals surface area contributed by atoms with Gasteiger partial charge in [-0.05, 0) is 43.9 Å². The van der Waals surface area contributed by atoms with Crippen molar-refractivity contribution in [1.82, 2.24) is 10.6 Å². The van der Waals surface area contributed by atoms with Crippen molar-refractivity contribution in [2.75, 3.05) is 24.5 Å². The van der Waals surface area contributed by atoms with Crippen LogP contribution in [0.5, 0.6) is 0 Å². The number of benzene rings is 1. The van der Waals surface area contributed by atoms with Crippen LogP contribution in [0.4, 0.5) is 18.9 Å². The molecule has 0 bridgehead atoms. The Morgan fingerprint density at radius 3 is 2.50 bits per heavy atom. The molecule has 154 valence electrons. The average molecular weight is 394 g/mol. The first kappa shape index (κ1) is 20.6. The molecule has 1 aromatic rings. The fourth-order valence-electron chi connectivity index (χ4n) is 3.80. The summed E-state index contributed by atoms with van der Waals surface area (Å²) in [5.41, 5.74) is 2.26. The molecule has 0 spiro atoms. The largest absolute Gasteiger partial charge is 0.391 e. The van der Waals surface area contributed by atoms with Crippen LogP contribution in [0.15, 0.2) is 41.4 Å². The van der Waals surface area contributed by atoms with E-state index in [1.54, 1.807) is 0 Å². The summed E-state index contributed by atoms with van der Waals surface area (Å²) < 4.78 is 39.1. The highest BCUT2D eigenvalue weighted by Crippen LogP contribution is 2.37. The number of aliphatic imine (C=N–C) groups is 1. The van der Waals surface area contributed by atoms with Gasteiger partial charge in [-0.1, -0.05) is 30.7 Å². The quantitative estimate of drug-likeness (QED) is 0.446. The number of alkyl halides is 3. The van der Waals surface area contributed by atoms with Crippen LogP contribution in [0, 0.1) is 5.92 Å². The van der Waals surface area contributed by atoms with Gasteiger partial charge in [-0.15, -0.1) is 0 Å². The third-order valence-corrected chi connectivity index (χ3v) is 5.36. The molecule has 1 aromatic carbocycles. The van der Waals surface area contributed by atoms with Gasteiger partial charge in [0.05, 0.1) is 12.5 Å². The van der Waals surface area contributed by atoms with Crippen molar-refractivity contribution in [2.24, 2.45) is 10.9 Å². The molecule has 7 heteroatoms. The van der Waals surface area contributed by atoms with Gasteiger partial charge in [-0.3, -0.25) is 0 Å². The van der Waals surface area contributed by atoms with Gasteiger partial charge in [0.15, 0.2) is 5.96 Å². The molecule has 1 aliphatic carbocycles. The van der Waals surface area contributed by atoms with Gasteiger partial charge in [0.25, 0.3) is 0 Å². The van der Waals surface area contributed by atoms with E-state index in [9.17, 15) is 13.2 Å². The molecule has 0 amide bonds. The van der Waals surface area contributed by atoms with Crippen molar-refractivity contribution < 1.29 is 13.2 Å². The highest BCUT2D eigenvalue weighted by molar-refractivity contribution is 5.80. The summed E-state index contributed by atoms with van der Waals surface area (Å²) in [6.45, 7) is 4.99. The standard InChI is InChI=1S/C21H29F3N4/c1-2-25-20(27-18-7-5-6-17(14-18)21(22,23)24)26-15-16-8-10-19(11-9-16)28-12-3-4-13-28/h3-4,8-11,17-18H,2,5-7,12-15H2,1H3,(H2,25,26,27). The van der Waals surface area contributed by atoms with Crippen molar-refractivity contribution in [2.45, 2.75) is 51.4 Å². The van der Waals surface area contributed by atoms with E-state index in [2.05, 4.69) is 56.9 Å². The minimum Gasteiger partial charge on any atom is -0.364 e.